The summed E-state index contributed by atoms with van der Waals surface area (Å²) < 4.78 is 0. The van der Waals surface area contributed by atoms with Crippen molar-refractivity contribution in [2.45, 2.75) is 32.4 Å². The molecule has 1 unspecified atom stereocenters. The Bertz CT molecular complexity index is 233. The van der Waals surface area contributed by atoms with E-state index in [1.807, 2.05) is 11.8 Å². The van der Waals surface area contributed by atoms with E-state index in [0.717, 1.165) is 0 Å². The van der Waals surface area contributed by atoms with Gasteiger partial charge in [0.05, 0.1) is 0 Å². The van der Waals surface area contributed by atoms with Crippen LogP contribution >= 0.6 is 11.8 Å². The van der Waals surface area contributed by atoms with E-state index in [-0.39, 0.29) is 0 Å². The molecule has 0 radical (unpaired) electrons. The molecule has 0 nitrogen and oxygen atoms in total. The highest BCUT2D eigenvalue weighted by atomic mass is 32.2. The van der Waals surface area contributed by atoms with Crippen molar-refractivity contribution in [2.75, 3.05) is 0 Å². The molecular weight excluding hydrogens is 164 g/mol. The molecule has 0 aromatic rings. The van der Waals surface area contributed by atoms with Crippen LogP contribution < -0.4 is 0 Å². The van der Waals surface area contributed by atoms with Gasteiger partial charge in [-0.15, -0.1) is 11.8 Å². The first-order chi connectivity index (χ1) is 5.74. The van der Waals surface area contributed by atoms with Gasteiger partial charge < -0.3 is 0 Å². The zero-order valence-corrected chi connectivity index (χ0v) is 8.82. The summed E-state index contributed by atoms with van der Waals surface area (Å²) in [6.07, 6.45) is 9.96. The molecule has 0 fully saturated rings. The first-order valence-electron chi connectivity index (χ1n) is 4.37. The van der Waals surface area contributed by atoms with E-state index in [1.54, 1.807) is 0 Å². The van der Waals surface area contributed by atoms with Crippen molar-refractivity contribution in [3.8, 4) is 0 Å². The lowest BCUT2D eigenvalue weighted by Gasteiger charge is -2.18. The maximum Gasteiger partial charge on any atom is 0.0335 e. The van der Waals surface area contributed by atoms with Crippen molar-refractivity contribution in [3.05, 3.63) is 34.8 Å². The average molecular weight is 180 g/mol. The minimum atomic E-state index is 0.672. The van der Waals surface area contributed by atoms with Gasteiger partial charge in [0.1, 0.15) is 0 Å². The molecule has 0 saturated carbocycles. The Balaban J connectivity index is 2.54. The molecule has 0 aliphatic heterocycles. The highest BCUT2D eigenvalue weighted by Crippen LogP contribution is 2.30. The fraction of sp³-hybridized carbons (Fsp3) is 0.455. The minimum absolute atomic E-state index is 0.672. The van der Waals surface area contributed by atoms with E-state index in [2.05, 4.69) is 45.1 Å². The molecule has 0 bridgehead atoms. The molecule has 66 valence electrons. The van der Waals surface area contributed by atoms with Crippen LogP contribution in [-0.2, 0) is 0 Å². The van der Waals surface area contributed by atoms with Crippen molar-refractivity contribution >= 4 is 11.8 Å². The fourth-order valence-corrected chi connectivity index (χ4v) is 2.21. The van der Waals surface area contributed by atoms with Gasteiger partial charge in [0.2, 0.25) is 0 Å². The van der Waals surface area contributed by atoms with Gasteiger partial charge in [0.15, 0.2) is 0 Å². The molecule has 1 aliphatic rings. The summed E-state index contributed by atoms with van der Waals surface area (Å²) in [5, 5.41) is 0.672. The van der Waals surface area contributed by atoms with Gasteiger partial charge in [-0.1, -0.05) is 29.9 Å². The molecule has 0 spiro atoms. The average Bonchev–Trinajstić information content (AvgIpc) is 2.09. The highest BCUT2D eigenvalue weighted by Gasteiger charge is 2.11. The molecule has 0 aromatic carbocycles. The SMILES string of the molecule is CC=C(C)SC1CC=CC=C1C. The Hall–Kier alpha value is -0.430. The van der Waals surface area contributed by atoms with E-state index in [9.17, 15) is 0 Å². The highest BCUT2D eigenvalue weighted by molar-refractivity contribution is 8.03. The molecule has 0 heterocycles. The molecule has 0 N–H and O–H groups in total. The van der Waals surface area contributed by atoms with Gasteiger partial charge in [-0.25, -0.2) is 0 Å². The maximum absolute atomic E-state index is 2.24. The zero-order chi connectivity index (χ0) is 8.97. The quantitative estimate of drug-likeness (QED) is 0.620. The molecule has 0 aromatic heterocycles. The minimum Gasteiger partial charge on any atom is -0.123 e. The van der Waals surface area contributed by atoms with Crippen LogP contribution in [-0.4, -0.2) is 5.25 Å². The van der Waals surface area contributed by atoms with Crippen molar-refractivity contribution in [1.29, 1.82) is 0 Å². The van der Waals surface area contributed by atoms with Crippen molar-refractivity contribution < 1.29 is 0 Å². The summed E-state index contributed by atoms with van der Waals surface area (Å²) in [5.41, 5.74) is 1.49. The smallest absolute Gasteiger partial charge is 0.0335 e. The van der Waals surface area contributed by atoms with Crippen LogP contribution in [0.3, 0.4) is 0 Å². The number of hydrogen-bond acceptors (Lipinski definition) is 1. The second kappa shape index (κ2) is 4.56. The van der Waals surface area contributed by atoms with E-state index >= 15 is 0 Å². The normalized spacial score (nSPS) is 24.1. The molecule has 1 rings (SSSR count). The summed E-state index contributed by atoms with van der Waals surface area (Å²) in [5.74, 6) is 0. The summed E-state index contributed by atoms with van der Waals surface area (Å²) >= 11 is 1.97. The Morgan fingerprint density at radius 1 is 1.67 bits per heavy atom. The lowest BCUT2D eigenvalue weighted by molar-refractivity contribution is 0.984. The van der Waals surface area contributed by atoms with Crippen LogP contribution in [0.1, 0.15) is 27.2 Å². The Labute approximate surface area is 79.4 Å². The number of allylic oxidation sites excluding steroid dienone is 5. The van der Waals surface area contributed by atoms with Crippen molar-refractivity contribution in [3.63, 3.8) is 0 Å². The molecule has 12 heavy (non-hydrogen) atoms. The second-order valence-corrected chi connectivity index (χ2v) is 4.53. The second-order valence-electron chi connectivity index (χ2n) is 3.08. The first kappa shape index (κ1) is 9.66. The van der Waals surface area contributed by atoms with Crippen LogP contribution in [0.5, 0.6) is 0 Å². The van der Waals surface area contributed by atoms with Crippen molar-refractivity contribution in [2.24, 2.45) is 0 Å². The van der Waals surface area contributed by atoms with Gasteiger partial charge in [0.25, 0.3) is 0 Å². The molecule has 1 aliphatic carbocycles. The van der Waals surface area contributed by atoms with E-state index in [4.69, 9.17) is 0 Å². The summed E-state index contributed by atoms with van der Waals surface area (Å²) in [7, 11) is 0. The number of thioether (sulfide) groups is 1. The lowest BCUT2D eigenvalue weighted by Crippen LogP contribution is -2.05. The fourth-order valence-electron chi connectivity index (χ4n) is 1.15. The Kier molecular flexibility index (Phi) is 3.67. The van der Waals surface area contributed by atoms with E-state index in [1.165, 1.54) is 16.9 Å². The predicted octanol–water partition coefficient (Wildman–Crippen LogP) is 3.92. The van der Waals surface area contributed by atoms with E-state index < -0.39 is 0 Å². The van der Waals surface area contributed by atoms with Gasteiger partial charge in [0, 0.05) is 5.25 Å². The third-order valence-electron chi connectivity index (χ3n) is 2.09. The van der Waals surface area contributed by atoms with E-state index in [0.29, 0.717) is 5.25 Å². The third kappa shape index (κ3) is 2.56. The van der Waals surface area contributed by atoms with Crippen molar-refractivity contribution in [1.82, 2.24) is 0 Å². The van der Waals surface area contributed by atoms with Crippen LogP contribution in [0.2, 0.25) is 0 Å². The predicted molar refractivity (Wildman–Crippen MR) is 58.3 cm³/mol. The molecular formula is C11H16S. The van der Waals surface area contributed by atoms with Crippen LogP contribution in [0.4, 0.5) is 0 Å². The summed E-state index contributed by atoms with van der Waals surface area (Å²) in [6.45, 7) is 6.49. The third-order valence-corrected chi connectivity index (χ3v) is 3.54. The van der Waals surface area contributed by atoms with Crippen LogP contribution in [0.15, 0.2) is 34.8 Å². The lowest BCUT2D eigenvalue weighted by atomic mass is 10.1. The Morgan fingerprint density at radius 3 is 3.00 bits per heavy atom. The molecule has 0 saturated heterocycles. The largest absolute Gasteiger partial charge is 0.123 e. The monoisotopic (exact) mass is 180 g/mol. The molecule has 0 amide bonds. The topological polar surface area (TPSA) is 0 Å². The number of rotatable bonds is 2. The molecule has 1 heteroatoms. The van der Waals surface area contributed by atoms with Gasteiger partial charge in [-0.2, -0.15) is 0 Å². The first-order valence-corrected chi connectivity index (χ1v) is 5.25. The van der Waals surface area contributed by atoms with Crippen LogP contribution in [0.25, 0.3) is 0 Å². The standard InChI is InChI=1S/C11H16S/c1-4-10(3)12-11-8-6-5-7-9(11)2/h4-7,11H,8H2,1-3H3. The maximum atomic E-state index is 2.24. The Morgan fingerprint density at radius 2 is 2.42 bits per heavy atom. The van der Waals surface area contributed by atoms with Crippen LogP contribution in [0, 0.1) is 0 Å². The molecule has 1 atom stereocenters. The van der Waals surface area contributed by atoms with Gasteiger partial charge >= 0.3 is 0 Å². The summed E-state index contributed by atoms with van der Waals surface area (Å²) in [6, 6.07) is 0. The number of hydrogen-bond donors (Lipinski definition) is 0. The summed E-state index contributed by atoms with van der Waals surface area (Å²) in [4.78, 5) is 1.42. The van der Waals surface area contributed by atoms with Gasteiger partial charge in [-0.3, -0.25) is 0 Å². The van der Waals surface area contributed by atoms with Gasteiger partial charge in [-0.05, 0) is 32.1 Å². The zero-order valence-electron chi connectivity index (χ0n) is 8.00.